The summed E-state index contributed by atoms with van der Waals surface area (Å²) in [6.45, 7) is 7.33. The quantitative estimate of drug-likeness (QED) is 0.625. The minimum atomic E-state index is -0.962. The van der Waals surface area contributed by atoms with Crippen molar-refractivity contribution in [3.05, 3.63) is 0 Å². The van der Waals surface area contributed by atoms with Crippen molar-refractivity contribution in [2.45, 2.75) is 46.2 Å². The van der Waals surface area contributed by atoms with Crippen molar-refractivity contribution in [3.63, 3.8) is 0 Å². The van der Waals surface area contributed by atoms with E-state index in [4.69, 9.17) is 5.11 Å². The Morgan fingerprint density at radius 1 is 1.21 bits per heavy atom. The molecule has 0 spiro atoms. The van der Waals surface area contributed by atoms with Crippen LogP contribution in [-0.4, -0.2) is 53.1 Å². The lowest BCUT2D eigenvalue weighted by atomic mass is 10.2. The van der Waals surface area contributed by atoms with Gasteiger partial charge in [0.15, 0.2) is 0 Å². The molecule has 1 unspecified atom stereocenters. The van der Waals surface area contributed by atoms with Crippen LogP contribution in [0.25, 0.3) is 0 Å². The monoisotopic (exact) mass is 273 g/mol. The second-order valence-electron chi connectivity index (χ2n) is 4.61. The van der Waals surface area contributed by atoms with Crippen LogP contribution in [0.15, 0.2) is 0 Å². The smallest absolute Gasteiger partial charge is 0.318 e. The Labute approximate surface area is 113 Å². The molecule has 0 bridgehead atoms. The topological polar surface area (TPSA) is 98.7 Å². The molecule has 0 aromatic carbocycles. The van der Waals surface area contributed by atoms with E-state index in [1.807, 2.05) is 13.8 Å². The van der Waals surface area contributed by atoms with Gasteiger partial charge in [-0.2, -0.15) is 0 Å². The summed E-state index contributed by atoms with van der Waals surface area (Å²) in [6.07, 6.45) is -0.126. The highest BCUT2D eigenvalue weighted by Crippen LogP contribution is 2.03. The average Bonchev–Trinajstić information content (AvgIpc) is 2.25. The first kappa shape index (κ1) is 17.2. The van der Waals surface area contributed by atoms with Crippen LogP contribution in [0.1, 0.15) is 34.1 Å². The zero-order valence-corrected chi connectivity index (χ0v) is 11.9. The first-order valence-electron chi connectivity index (χ1n) is 6.33. The predicted octanol–water partition coefficient (Wildman–Crippen LogP) is 0.406. The summed E-state index contributed by atoms with van der Waals surface area (Å²) in [6, 6.07) is -0.844. The molecule has 0 aliphatic rings. The molecule has 3 N–H and O–H groups in total. The maximum Gasteiger partial charge on any atom is 0.318 e. The van der Waals surface area contributed by atoms with Gasteiger partial charge in [0.05, 0.1) is 13.0 Å². The van der Waals surface area contributed by atoms with E-state index >= 15 is 0 Å². The zero-order valence-electron chi connectivity index (χ0n) is 11.9. The highest BCUT2D eigenvalue weighted by molar-refractivity contribution is 5.84. The molecule has 110 valence electrons. The molecular weight excluding hydrogens is 250 g/mol. The summed E-state index contributed by atoms with van der Waals surface area (Å²) < 4.78 is 0. The number of aliphatic carboxylic acids is 1. The average molecular weight is 273 g/mol. The van der Waals surface area contributed by atoms with Gasteiger partial charge in [-0.3, -0.25) is 9.59 Å². The van der Waals surface area contributed by atoms with Crippen LogP contribution >= 0.6 is 0 Å². The number of nitrogens with one attached hydrogen (secondary N) is 2. The number of hydrogen-bond acceptors (Lipinski definition) is 3. The van der Waals surface area contributed by atoms with E-state index in [-0.39, 0.29) is 24.9 Å². The summed E-state index contributed by atoms with van der Waals surface area (Å²) in [5.41, 5.74) is 0. The molecule has 0 aliphatic carbocycles. The first-order chi connectivity index (χ1) is 8.77. The van der Waals surface area contributed by atoms with Crippen LogP contribution in [0.4, 0.5) is 4.79 Å². The fraction of sp³-hybridized carbons (Fsp3) is 0.750. The zero-order chi connectivity index (χ0) is 15.0. The number of carbonyl (C=O) groups excluding carboxylic acids is 2. The molecule has 0 aromatic heterocycles. The van der Waals surface area contributed by atoms with Gasteiger partial charge in [0, 0.05) is 18.6 Å². The number of nitrogens with zero attached hydrogens (tertiary/aromatic N) is 1. The predicted molar refractivity (Wildman–Crippen MR) is 70.8 cm³/mol. The molecule has 0 saturated carbocycles. The van der Waals surface area contributed by atoms with Crippen molar-refractivity contribution < 1.29 is 19.5 Å². The van der Waals surface area contributed by atoms with Crippen molar-refractivity contribution >= 4 is 17.9 Å². The second-order valence-corrected chi connectivity index (χ2v) is 4.61. The van der Waals surface area contributed by atoms with Crippen molar-refractivity contribution in [3.8, 4) is 0 Å². The molecule has 3 amide bonds. The summed E-state index contributed by atoms with van der Waals surface area (Å²) in [4.78, 5) is 35.2. The summed E-state index contributed by atoms with van der Waals surface area (Å²) in [5.74, 6) is -1.23. The van der Waals surface area contributed by atoms with Gasteiger partial charge in [0.25, 0.3) is 0 Å². The molecule has 0 heterocycles. The first-order valence-corrected chi connectivity index (χ1v) is 6.33. The van der Waals surface area contributed by atoms with Crippen LogP contribution in [-0.2, 0) is 9.59 Å². The van der Waals surface area contributed by atoms with Gasteiger partial charge in [-0.25, -0.2) is 4.79 Å². The normalized spacial score (nSPS) is 11.8. The lowest BCUT2D eigenvalue weighted by Crippen LogP contribution is -2.48. The third-order valence-corrected chi connectivity index (χ3v) is 2.45. The molecule has 19 heavy (non-hydrogen) atoms. The maximum atomic E-state index is 11.8. The van der Waals surface area contributed by atoms with Crippen LogP contribution in [0.5, 0.6) is 0 Å². The van der Waals surface area contributed by atoms with E-state index in [0.717, 1.165) is 0 Å². The Balaban J connectivity index is 4.29. The molecule has 7 heteroatoms. The Morgan fingerprint density at radius 2 is 1.79 bits per heavy atom. The van der Waals surface area contributed by atoms with Gasteiger partial charge in [0.1, 0.15) is 0 Å². The van der Waals surface area contributed by atoms with Crippen LogP contribution in [0.2, 0.25) is 0 Å². The van der Waals surface area contributed by atoms with Gasteiger partial charge in [-0.05, 0) is 27.7 Å². The largest absolute Gasteiger partial charge is 0.481 e. The van der Waals surface area contributed by atoms with Crippen molar-refractivity contribution in [1.82, 2.24) is 15.5 Å². The number of carboxylic acids is 1. The maximum absolute atomic E-state index is 11.8. The van der Waals surface area contributed by atoms with Crippen LogP contribution < -0.4 is 10.6 Å². The second kappa shape index (κ2) is 8.34. The van der Waals surface area contributed by atoms with E-state index < -0.39 is 18.0 Å². The number of carboxylic acid groups (broad SMARTS) is 1. The number of carbonyl (C=O) groups is 3. The number of urea groups is 1. The molecule has 0 aliphatic heterocycles. The van der Waals surface area contributed by atoms with Gasteiger partial charge in [-0.15, -0.1) is 0 Å². The fourth-order valence-electron chi connectivity index (χ4n) is 1.65. The minimum absolute atomic E-state index is 0.0117. The van der Waals surface area contributed by atoms with Crippen molar-refractivity contribution in [2.24, 2.45) is 0 Å². The minimum Gasteiger partial charge on any atom is -0.481 e. The number of rotatable bonds is 7. The molecule has 1 atom stereocenters. The fourth-order valence-corrected chi connectivity index (χ4v) is 1.65. The van der Waals surface area contributed by atoms with Crippen molar-refractivity contribution in [2.75, 3.05) is 13.1 Å². The summed E-state index contributed by atoms with van der Waals surface area (Å²) in [5, 5.41) is 13.8. The highest BCUT2D eigenvalue weighted by atomic mass is 16.4. The molecule has 0 radical (unpaired) electrons. The van der Waals surface area contributed by atoms with Crippen LogP contribution in [0.3, 0.4) is 0 Å². The van der Waals surface area contributed by atoms with Gasteiger partial charge in [-0.1, -0.05) is 0 Å². The Morgan fingerprint density at radius 3 is 2.21 bits per heavy atom. The Kier molecular flexibility index (Phi) is 7.55. The van der Waals surface area contributed by atoms with E-state index in [1.165, 1.54) is 4.90 Å². The molecule has 7 nitrogen and oxygen atoms in total. The molecule has 0 saturated heterocycles. The van der Waals surface area contributed by atoms with Gasteiger partial charge < -0.3 is 20.6 Å². The summed E-state index contributed by atoms with van der Waals surface area (Å²) in [7, 11) is 0. The van der Waals surface area contributed by atoms with Gasteiger partial charge >= 0.3 is 12.0 Å². The SMILES string of the molecule is CCN(C(=O)NCC(=O)NC(C)C)C(C)CC(=O)O. The third kappa shape index (κ3) is 7.28. The molecule has 0 aromatic rings. The molecule has 0 rings (SSSR count). The third-order valence-electron chi connectivity index (χ3n) is 2.45. The lowest BCUT2D eigenvalue weighted by molar-refractivity contribution is -0.138. The molecule has 0 fully saturated rings. The van der Waals surface area contributed by atoms with Gasteiger partial charge in [0.2, 0.25) is 5.91 Å². The van der Waals surface area contributed by atoms with Crippen LogP contribution in [0, 0.1) is 0 Å². The van der Waals surface area contributed by atoms with E-state index in [9.17, 15) is 14.4 Å². The van der Waals surface area contributed by atoms with E-state index in [0.29, 0.717) is 6.54 Å². The van der Waals surface area contributed by atoms with Crippen molar-refractivity contribution in [1.29, 1.82) is 0 Å². The Hall–Kier alpha value is -1.79. The van der Waals surface area contributed by atoms with E-state index in [2.05, 4.69) is 10.6 Å². The Bertz CT molecular complexity index is 331. The van der Waals surface area contributed by atoms with E-state index in [1.54, 1.807) is 13.8 Å². The number of amides is 3. The summed E-state index contributed by atoms with van der Waals surface area (Å²) >= 11 is 0. The highest BCUT2D eigenvalue weighted by Gasteiger charge is 2.20. The molecular formula is C12H23N3O4. The number of hydrogen-bond donors (Lipinski definition) is 3. The lowest BCUT2D eigenvalue weighted by Gasteiger charge is -2.27. The standard InChI is InChI=1S/C12H23N3O4/c1-5-15(9(4)6-11(17)18)12(19)13-7-10(16)14-8(2)3/h8-9H,5-7H2,1-4H3,(H,13,19)(H,14,16)(H,17,18).